The zero-order valence-corrected chi connectivity index (χ0v) is 5.63. The van der Waals surface area contributed by atoms with Gasteiger partial charge in [-0.05, 0) is 0 Å². The molecule has 7 heteroatoms. The Morgan fingerprint density at radius 3 is 2.50 bits per heavy atom. The Morgan fingerprint density at radius 1 is 1.33 bits per heavy atom. The first kappa shape index (κ1) is 8.05. The van der Waals surface area contributed by atoms with Crippen LogP contribution in [-0.2, 0) is 0 Å². The van der Waals surface area contributed by atoms with Crippen LogP contribution in [0.2, 0.25) is 0 Å². The highest BCUT2D eigenvalue weighted by Gasteiger charge is 2.13. The quantitative estimate of drug-likeness (QED) is 0.477. The van der Waals surface area contributed by atoms with Crippen LogP contribution in [0.4, 0.5) is 11.4 Å². The average molecular weight is 168 g/mol. The van der Waals surface area contributed by atoms with Crippen LogP contribution in [0.15, 0.2) is 12.3 Å². The van der Waals surface area contributed by atoms with Crippen molar-refractivity contribution in [2.45, 2.75) is 0 Å². The van der Waals surface area contributed by atoms with Crippen LogP contribution in [0.3, 0.4) is 0 Å². The fourth-order valence-corrected chi connectivity index (χ4v) is 0.568. The van der Waals surface area contributed by atoms with Crippen molar-refractivity contribution in [3.05, 3.63) is 38.7 Å². The van der Waals surface area contributed by atoms with Gasteiger partial charge in [0.25, 0.3) is 5.69 Å². The Morgan fingerprint density at radius 2 is 2.00 bits per heavy atom. The maximum Gasteiger partial charge on any atom is 0.304 e. The SMILES string of the molecule is O=[N+]([O-])c1[c]ncc([N+](=O)[O-])c1. The van der Waals surface area contributed by atoms with E-state index >= 15 is 0 Å². The molecule has 1 aromatic rings. The molecule has 1 heterocycles. The molecule has 61 valence electrons. The first-order valence-electron chi connectivity index (χ1n) is 2.78. The van der Waals surface area contributed by atoms with Gasteiger partial charge >= 0.3 is 5.69 Å². The van der Waals surface area contributed by atoms with Crippen molar-refractivity contribution in [1.29, 1.82) is 0 Å². The van der Waals surface area contributed by atoms with Crippen molar-refractivity contribution in [1.82, 2.24) is 4.98 Å². The van der Waals surface area contributed by atoms with Gasteiger partial charge in [-0.2, -0.15) is 0 Å². The van der Waals surface area contributed by atoms with Gasteiger partial charge in [0.2, 0.25) is 0 Å². The molecule has 0 aliphatic rings. The maximum atomic E-state index is 10.1. The molecule has 0 aliphatic heterocycles. The van der Waals surface area contributed by atoms with Gasteiger partial charge in [-0.15, -0.1) is 0 Å². The van der Waals surface area contributed by atoms with E-state index in [0.29, 0.717) is 0 Å². The van der Waals surface area contributed by atoms with E-state index in [4.69, 9.17) is 0 Å². The summed E-state index contributed by atoms with van der Waals surface area (Å²) in [6.07, 6.45) is 2.91. The summed E-state index contributed by atoms with van der Waals surface area (Å²) in [7, 11) is 0. The summed E-state index contributed by atoms with van der Waals surface area (Å²) < 4.78 is 0. The fraction of sp³-hybridized carbons (Fsp3) is 0. The Balaban J connectivity index is 3.12. The van der Waals surface area contributed by atoms with Gasteiger partial charge in [-0.25, -0.2) is 4.98 Å². The van der Waals surface area contributed by atoms with Crippen molar-refractivity contribution in [2.24, 2.45) is 0 Å². The molecule has 0 aromatic carbocycles. The summed E-state index contributed by atoms with van der Waals surface area (Å²) in [5.74, 6) is 0. The van der Waals surface area contributed by atoms with Gasteiger partial charge in [0.15, 0.2) is 6.20 Å². The molecular formula is C5H2N3O4. The largest absolute Gasteiger partial charge is 0.304 e. The van der Waals surface area contributed by atoms with Crippen LogP contribution >= 0.6 is 0 Å². The van der Waals surface area contributed by atoms with E-state index < -0.39 is 21.2 Å². The number of nitro groups is 2. The number of nitrogens with zero attached hydrogens (tertiary/aromatic N) is 3. The molecule has 0 unspecified atom stereocenters. The second-order valence-corrected chi connectivity index (χ2v) is 1.84. The topological polar surface area (TPSA) is 99.2 Å². The number of hydrogen-bond acceptors (Lipinski definition) is 5. The first-order valence-corrected chi connectivity index (χ1v) is 2.78. The molecule has 1 rings (SSSR count). The molecule has 0 saturated carbocycles. The molecule has 1 aromatic heterocycles. The van der Waals surface area contributed by atoms with E-state index in [9.17, 15) is 20.2 Å². The van der Waals surface area contributed by atoms with Crippen molar-refractivity contribution < 1.29 is 9.85 Å². The molecule has 0 spiro atoms. The van der Waals surface area contributed by atoms with Crippen LogP contribution < -0.4 is 0 Å². The standard InChI is InChI=1S/C5H2N3O4/c9-7(10)4-1-5(8(11)12)3-6-2-4/h1-2H. The lowest BCUT2D eigenvalue weighted by molar-refractivity contribution is -0.394. The molecular weight excluding hydrogens is 166 g/mol. The summed E-state index contributed by atoms with van der Waals surface area (Å²) in [4.78, 5) is 21.9. The monoisotopic (exact) mass is 168 g/mol. The molecule has 12 heavy (non-hydrogen) atoms. The van der Waals surface area contributed by atoms with Crippen LogP contribution in [0.1, 0.15) is 0 Å². The Labute approximate surface area is 66.0 Å². The smallest absolute Gasteiger partial charge is 0.258 e. The second-order valence-electron chi connectivity index (χ2n) is 1.84. The summed E-state index contributed by atoms with van der Waals surface area (Å²) in [6.45, 7) is 0. The third kappa shape index (κ3) is 1.51. The summed E-state index contributed by atoms with van der Waals surface area (Å²) in [5, 5.41) is 20.2. The number of rotatable bonds is 2. The number of aromatic nitrogens is 1. The molecule has 0 saturated heterocycles. The Kier molecular flexibility index (Phi) is 1.95. The minimum absolute atomic E-state index is 0.416. The number of hydrogen-bond donors (Lipinski definition) is 0. The van der Waals surface area contributed by atoms with Gasteiger partial charge < -0.3 is 0 Å². The van der Waals surface area contributed by atoms with Gasteiger partial charge in [-0.1, -0.05) is 0 Å². The third-order valence-electron chi connectivity index (χ3n) is 1.07. The zero-order chi connectivity index (χ0) is 9.14. The van der Waals surface area contributed by atoms with E-state index in [1.807, 2.05) is 6.20 Å². The Hall–Kier alpha value is -2.05. The molecule has 0 aliphatic carbocycles. The van der Waals surface area contributed by atoms with Crippen molar-refractivity contribution in [3.8, 4) is 0 Å². The highest BCUT2D eigenvalue weighted by Crippen LogP contribution is 2.15. The highest BCUT2D eigenvalue weighted by molar-refractivity contribution is 5.37. The van der Waals surface area contributed by atoms with Crippen molar-refractivity contribution >= 4 is 11.4 Å². The number of pyridine rings is 1. The fourth-order valence-electron chi connectivity index (χ4n) is 0.568. The van der Waals surface area contributed by atoms with E-state index in [1.165, 1.54) is 0 Å². The van der Waals surface area contributed by atoms with E-state index in [0.717, 1.165) is 12.3 Å². The van der Waals surface area contributed by atoms with Crippen LogP contribution in [-0.4, -0.2) is 14.8 Å². The lowest BCUT2D eigenvalue weighted by atomic mass is 10.4. The third-order valence-corrected chi connectivity index (χ3v) is 1.07. The molecule has 0 N–H and O–H groups in total. The predicted molar refractivity (Wildman–Crippen MR) is 36.4 cm³/mol. The van der Waals surface area contributed by atoms with Crippen molar-refractivity contribution in [2.75, 3.05) is 0 Å². The minimum Gasteiger partial charge on any atom is -0.258 e. The molecule has 0 atom stereocenters. The van der Waals surface area contributed by atoms with Crippen LogP contribution in [0.25, 0.3) is 0 Å². The molecule has 0 bridgehead atoms. The van der Waals surface area contributed by atoms with E-state index in [2.05, 4.69) is 4.98 Å². The van der Waals surface area contributed by atoms with Crippen molar-refractivity contribution in [3.63, 3.8) is 0 Å². The lowest BCUT2D eigenvalue weighted by Crippen LogP contribution is -1.93. The summed E-state index contributed by atoms with van der Waals surface area (Å²) in [5.41, 5.74) is -0.926. The highest BCUT2D eigenvalue weighted by atomic mass is 16.6. The summed E-state index contributed by atoms with van der Waals surface area (Å²) >= 11 is 0. The minimum atomic E-state index is -0.792. The van der Waals surface area contributed by atoms with Gasteiger partial charge in [0.1, 0.15) is 6.20 Å². The normalized spacial score (nSPS) is 9.33. The molecule has 0 fully saturated rings. The van der Waals surface area contributed by atoms with E-state index in [-0.39, 0.29) is 0 Å². The van der Waals surface area contributed by atoms with Crippen LogP contribution in [0.5, 0.6) is 0 Å². The summed E-state index contributed by atoms with van der Waals surface area (Å²) in [6, 6.07) is 0.799. The van der Waals surface area contributed by atoms with Gasteiger partial charge in [0.05, 0.1) is 15.9 Å². The lowest BCUT2D eigenvalue weighted by Gasteiger charge is -1.89. The Bertz CT molecular complexity index is 308. The molecule has 7 nitrogen and oxygen atoms in total. The maximum absolute atomic E-state index is 10.1. The van der Waals surface area contributed by atoms with E-state index in [1.54, 1.807) is 0 Å². The van der Waals surface area contributed by atoms with Gasteiger partial charge in [0, 0.05) is 0 Å². The second kappa shape index (κ2) is 2.91. The van der Waals surface area contributed by atoms with Crippen LogP contribution in [0, 0.1) is 26.4 Å². The predicted octanol–water partition coefficient (Wildman–Crippen LogP) is 0.698. The zero-order valence-electron chi connectivity index (χ0n) is 5.63. The molecule has 1 radical (unpaired) electrons. The molecule has 0 amide bonds. The van der Waals surface area contributed by atoms with Gasteiger partial charge in [-0.3, -0.25) is 20.2 Å². The average Bonchev–Trinajstić information content (AvgIpc) is 2.04. The first-order chi connectivity index (χ1) is 5.61.